The van der Waals surface area contributed by atoms with Crippen LogP contribution in [0.1, 0.15) is 16.8 Å². The largest absolute Gasteiger partial charge is 1.00 e. The summed E-state index contributed by atoms with van der Waals surface area (Å²) in [5.41, 5.74) is 1.48. The lowest BCUT2D eigenvalue weighted by atomic mass is 10.1. The van der Waals surface area contributed by atoms with Crippen molar-refractivity contribution in [1.82, 2.24) is 0 Å². The Labute approximate surface area is 105 Å². The summed E-state index contributed by atoms with van der Waals surface area (Å²) in [4.78, 5) is 0. The predicted octanol–water partition coefficient (Wildman–Crippen LogP) is -3.17. The molecule has 0 unspecified atom stereocenters. The number of hydrogen-bond acceptors (Lipinski definition) is 4. The second-order valence-electron chi connectivity index (χ2n) is 3.02. The van der Waals surface area contributed by atoms with Crippen molar-refractivity contribution < 1.29 is 44.0 Å². The van der Waals surface area contributed by atoms with Crippen LogP contribution in [0.5, 0.6) is 5.75 Å². The minimum atomic E-state index is -0.219. The molecule has 0 atom stereocenters. The minimum absolute atomic E-state index is 0. The van der Waals surface area contributed by atoms with Gasteiger partial charge in [0.1, 0.15) is 7.05 Å². The molecule has 1 aromatic rings. The molecular formula is C9H13IN2O3. The molecule has 1 aromatic heterocycles. The van der Waals surface area contributed by atoms with E-state index in [4.69, 9.17) is 10.3 Å². The molecule has 0 fully saturated rings. The Kier molecular flexibility index (Phi) is 5.51. The van der Waals surface area contributed by atoms with Gasteiger partial charge in [0.05, 0.1) is 23.9 Å². The van der Waals surface area contributed by atoms with Gasteiger partial charge in [-0.3, -0.25) is 0 Å². The van der Waals surface area contributed by atoms with E-state index >= 15 is 0 Å². The fraction of sp³-hybridized carbons (Fsp3) is 0.333. The lowest BCUT2D eigenvalue weighted by molar-refractivity contribution is -0.678. The minimum Gasteiger partial charge on any atom is -1.00 e. The quantitative estimate of drug-likeness (QED) is 0.177. The first kappa shape index (κ1) is 14.1. The zero-order chi connectivity index (χ0) is 10.7. The fourth-order valence-electron chi connectivity index (χ4n) is 1.24. The first-order valence-corrected chi connectivity index (χ1v) is 4.11. The number of aliphatic hydroxyl groups is 1. The van der Waals surface area contributed by atoms with Gasteiger partial charge >= 0.3 is 0 Å². The van der Waals surface area contributed by atoms with Crippen LogP contribution in [0.2, 0.25) is 0 Å². The summed E-state index contributed by atoms with van der Waals surface area (Å²) in [5.74, 6) is 0.0110. The zero-order valence-corrected chi connectivity index (χ0v) is 10.6. The Hall–Kier alpha value is -0.890. The Morgan fingerprint density at radius 2 is 2.13 bits per heavy atom. The molecule has 0 aromatic carbocycles. The van der Waals surface area contributed by atoms with Crippen molar-refractivity contribution in [3.8, 4) is 5.75 Å². The summed E-state index contributed by atoms with van der Waals surface area (Å²) < 4.78 is 1.69. The van der Waals surface area contributed by atoms with Crippen LogP contribution < -0.4 is 28.5 Å². The Morgan fingerprint density at radius 3 is 2.60 bits per heavy atom. The lowest BCUT2D eigenvalue weighted by Gasteiger charge is -2.05. The maximum Gasteiger partial charge on any atom is 0.220 e. The van der Waals surface area contributed by atoms with Gasteiger partial charge in [0.2, 0.25) is 5.69 Å². The normalized spacial score (nSPS) is 10.3. The lowest BCUT2D eigenvalue weighted by Crippen LogP contribution is -3.00. The Balaban J connectivity index is 0.00000196. The maximum absolute atomic E-state index is 9.69. The molecule has 0 aliphatic carbocycles. The van der Waals surface area contributed by atoms with Gasteiger partial charge in [0.15, 0.2) is 11.9 Å². The molecule has 3 N–H and O–H groups in total. The van der Waals surface area contributed by atoms with E-state index in [1.807, 2.05) is 0 Å². The van der Waals surface area contributed by atoms with E-state index in [2.05, 4.69) is 5.16 Å². The van der Waals surface area contributed by atoms with Gasteiger partial charge < -0.3 is 39.4 Å². The van der Waals surface area contributed by atoms with Gasteiger partial charge in [-0.25, -0.2) is 4.57 Å². The van der Waals surface area contributed by atoms with E-state index < -0.39 is 0 Å². The van der Waals surface area contributed by atoms with Gasteiger partial charge in [0, 0.05) is 6.92 Å². The molecule has 0 radical (unpaired) electrons. The van der Waals surface area contributed by atoms with E-state index in [0.717, 1.165) is 6.21 Å². The molecule has 0 aliphatic heterocycles. The summed E-state index contributed by atoms with van der Waals surface area (Å²) in [6.07, 6.45) is 2.78. The number of pyridine rings is 1. The zero-order valence-electron chi connectivity index (χ0n) is 8.48. The molecule has 0 saturated heterocycles. The summed E-state index contributed by atoms with van der Waals surface area (Å²) in [6.45, 7) is 1.51. The molecule has 0 bridgehead atoms. The highest BCUT2D eigenvalue weighted by Crippen LogP contribution is 2.20. The molecule has 1 rings (SSSR count). The molecule has 0 aliphatic rings. The average Bonchev–Trinajstić information content (AvgIpc) is 2.19. The van der Waals surface area contributed by atoms with Crippen LogP contribution in [0.15, 0.2) is 11.4 Å². The van der Waals surface area contributed by atoms with Gasteiger partial charge in [-0.05, 0) is 0 Å². The van der Waals surface area contributed by atoms with Crippen LogP contribution in [0.4, 0.5) is 0 Å². The number of aliphatic hydroxyl groups excluding tert-OH is 1. The monoisotopic (exact) mass is 324 g/mol. The van der Waals surface area contributed by atoms with Gasteiger partial charge in [-0.1, -0.05) is 5.16 Å². The maximum atomic E-state index is 9.69. The highest BCUT2D eigenvalue weighted by molar-refractivity contribution is 5.84. The standard InChI is InChI=1S/C9H12N2O3.HI/c1-6-9(13)8(3-10-14)7(5-12)4-11(6)2;/h3-4,12-13H,5H2,1-2H3;1H. The highest BCUT2D eigenvalue weighted by atomic mass is 127. The van der Waals surface area contributed by atoms with E-state index in [1.165, 1.54) is 0 Å². The molecule has 5 nitrogen and oxygen atoms in total. The molecule has 0 saturated carbocycles. The number of rotatable bonds is 2. The van der Waals surface area contributed by atoms with Crippen LogP contribution in [-0.2, 0) is 13.7 Å². The number of oxime groups is 1. The van der Waals surface area contributed by atoms with Crippen molar-refractivity contribution in [1.29, 1.82) is 0 Å². The second-order valence-corrected chi connectivity index (χ2v) is 3.02. The second kappa shape index (κ2) is 5.86. The molecule has 84 valence electrons. The van der Waals surface area contributed by atoms with Crippen molar-refractivity contribution in [2.45, 2.75) is 13.5 Å². The molecule has 6 heteroatoms. The van der Waals surface area contributed by atoms with E-state index in [-0.39, 0.29) is 36.3 Å². The van der Waals surface area contributed by atoms with E-state index in [1.54, 1.807) is 24.7 Å². The molecule has 1 heterocycles. The SMILES string of the molecule is Cc1c(O)c(C=NO)c(CO)c[n+]1C.[I-]. The number of nitrogens with zero attached hydrogens (tertiary/aromatic N) is 2. The number of halogens is 1. The van der Waals surface area contributed by atoms with Crippen LogP contribution in [-0.4, -0.2) is 21.6 Å². The van der Waals surface area contributed by atoms with Crippen molar-refractivity contribution in [2.24, 2.45) is 12.2 Å². The smallest absolute Gasteiger partial charge is 0.220 e. The van der Waals surface area contributed by atoms with Crippen LogP contribution >= 0.6 is 0 Å². The van der Waals surface area contributed by atoms with Crippen molar-refractivity contribution >= 4 is 6.21 Å². The van der Waals surface area contributed by atoms with E-state index in [0.29, 0.717) is 16.8 Å². The van der Waals surface area contributed by atoms with Crippen molar-refractivity contribution in [3.63, 3.8) is 0 Å². The first-order chi connectivity index (χ1) is 6.61. The fourth-order valence-corrected chi connectivity index (χ4v) is 1.24. The summed E-state index contributed by atoms with van der Waals surface area (Å²) in [7, 11) is 1.76. The molecule has 0 spiro atoms. The number of aromatic hydroxyl groups is 1. The van der Waals surface area contributed by atoms with Crippen LogP contribution in [0.25, 0.3) is 0 Å². The number of aromatic nitrogens is 1. The van der Waals surface area contributed by atoms with Crippen molar-refractivity contribution in [3.05, 3.63) is 23.0 Å². The highest BCUT2D eigenvalue weighted by Gasteiger charge is 2.16. The van der Waals surface area contributed by atoms with Crippen molar-refractivity contribution in [2.75, 3.05) is 0 Å². The summed E-state index contributed by atoms with van der Waals surface area (Å²) >= 11 is 0. The van der Waals surface area contributed by atoms with Gasteiger partial charge in [-0.2, -0.15) is 0 Å². The third-order valence-electron chi connectivity index (χ3n) is 2.18. The third-order valence-corrected chi connectivity index (χ3v) is 2.18. The van der Waals surface area contributed by atoms with Crippen LogP contribution in [0, 0.1) is 6.92 Å². The Bertz CT molecular complexity index is 380. The number of hydrogen-bond donors (Lipinski definition) is 3. The third kappa shape index (κ3) is 2.78. The summed E-state index contributed by atoms with van der Waals surface area (Å²) in [6, 6.07) is 0. The Morgan fingerprint density at radius 1 is 1.53 bits per heavy atom. The predicted molar refractivity (Wildman–Crippen MR) is 49.3 cm³/mol. The molecular weight excluding hydrogens is 311 g/mol. The van der Waals surface area contributed by atoms with E-state index in [9.17, 15) is 5.11 Å². The molecule has 0 amide bonds. The van der Waals surface area contributed by atoms with Gasteiger partial charge in [-0.15, -0.1) is 0 Å². The molecule has 15 heavy (non-hydrogen) atoms. The first-order valence-electron chi connectivity index (χ1n) is 4.11. The summed E-state index contributed by atoms with van der Waals surface area (Å²) in [5, 5.41) is 29.9. The van der Waals surface area contributed by atoms with Crippen LogP contribution in [0.3, 0.4) is 0 Å². The average molecular weight is 324 g/mol. The van der Waals surface area contributed by atoms with Gasteiger partial charge in [0.25, 0.3) is 0 Å². The topological polar surface area (TPSA) is 76.9 Å². The number of aryl methyl sites for hydroxylation is 1.